The molecule has 17 heavy (non-hydrogen) atoms. The number of aromatic nitrogens is 1. The molecule has 1 saturated heterocycles. The van der Waals surface area contributed by atoms with Crippen molar-refractivity contribution in [1.29, 1.82) is 0 Å². The standard InChI is InChI=1S/C11H15N3O3/c12-7-9-8-14(11(16)17-9)6-5-13-4-2-1-3-10(13)15/h1-4,9H,5-8,12H2. The predicted molar refractivity (Wildman–Crippen MR) is 61.6 cm³/mol. The maximum absolute atomic E-state index is 11.4. The minimum atomic E-state index is -0.357. The van der Waals surface area contributed by atoms with Gasteiger partial charge in [0.2, 0.25) is 0 Å². The summed E-state index contributed by atoms with van der Waals surface area (Å²) >= 11 is 0. The number of ether oxygens (including phenoxy) is 1. The lowest BCUT2D eigenvalue weighted by Gasteiger charge is -2.13. The van der Waals surface area contributed by atoms with Gasteiger partial charge in [0.1, 0.15) is 6.10 Å². The minimum Gasteiger partial charge on any atom is -0.443 e. The summed E-state index contributed by atoms with van der Waals surface area (Å²) in [5.41, 5.74) is 5.36. The molecule has 92 valence electrons. The zero-order chi connectivity index (χ0) is 12.3. The van der Waals surface area contributed by atoms with Crippen LogP contribution in [0, 0.1) is 0 Å². The predicted octanol–water partition coefficient (Wildman–Crippen LogP) is -0.372. The quantitative estimate of drug-likeness (QED) is 0.775. The summed E-state index contributed by atoms with van der Waals surface area (Å²) in [6.07, 6.45) is 1.11. The van der Waals surface area contributed by atoms with Crippen LogP contribution in [0.4, 0.5) is 4.79 Å². The second-order valence-corrected chi connectivity index (χ2v) is 3.92. The molecule has 0 aliphatic carbocycles. The number of pyridine rings is 1. The molecule has 2 heterocycles. The molecule has 0 radical (unpaired) electrons. The average Bonchev–Trinajstić information content (AvgIpc) is 2.69. The van der Waals surface area contributed by atoms with E-state index in [1.54, 1.807) is 27.8 Å². The first kappa shape index (κ1) is 11.7. The highest BCUT2D eigenvalue weighted by Gasteiger charge is 2.29. The Hall–Kier alpha value is -1.82. The Bertz CT molecular complexity index is 457. The largest absolute Gasteiger partial charge is 0.443 e. The van der Waals surface area contributed by atoms with Crippen molar-refractivity contribution in [1.82, 2.24) is 9.47 Å². The van der Waals surface area contributed by atoms with E-state index >= 15 is 0 Å². The fourth-order valence-corrected chi connectivity index (χ4v) is 1.75. The van der Waals surface area contributed by atoms with E-state index in [2.05, 4.69) is 0 Å². The Labute approximate surface area is 98.6 Å². The van der Waals surface area contributed by atoms with Gasteiger partial charge in [-0.1, -0.05) is 6.07 Å². The van der Waals surface area contributed by atoms with Crippen molar-refractivity contribution in [2.45, 2.75) is 12.6 Å². The number of hydrogen-bond acceptors (Lipinski definition) is 4. The molecule has 0 bridgehead atoms. The van der Waals surface area contributed by atoms with E-state index in [1.165, 1.54) is 6.07 Å². The zero-order valence-corrected chi connectivity index (χ0v) is 9.41. The van der Waals surface area contributed by atoms with E-state index in [-0.39, 0.29) is 17.8 Å². The SMILES string of the molecule is NCC1CN(CCn2ccccc2=O)C(=O)O1. The summed E-state index contributed by atoms with van der Waals surface area (Å²) in [5, 5.41) is 0. The summed E-state index contributed by atoms with van der Waals surface area (Å²) < 4.78 is 6.57. The molecule has 1 fully saturated rings. The van der Waals surface area contributed by atoms with Gasteiger partial charge in [-0.15, -0.1) is 0 Å². The first-order valence-corrected chi connectivity index (χ1v) is 5.52. The third-order valence-electron chi connectivity index (χ3n) is 2.72. The lowest BCUT2D eigenvalue weighted by molar-refractivity contribution is 0.134. The molecule has 1 aliphatic heterocycles. The molecule has 6 heteroatoms. The molecule has 1 aromatic rings. The monoisotopic (exact) mass is 237 g/mol. The lowest BCUT2D eigenvalue weighted by atomic mass is 10.3. The van der Waals surface area contributed by atoms with Crippen LogP contribution in [-0.4, -0.2) is 41.3 Å². The van der Waals surface area contributed by atoms with E-state index in [0.717, 1.165) is 0 Å². The van der Waals surface area contributed by atoms with Gasteiger partial charge in [-0.05, 0) is 6.07 Å². The van der Waals surface area contributed by atoms with E-state index in [9.17, 15) is 9.59 Å². The molecule has 1 aliphatic rings. The summed E-state index contributed by atoms with van der Waals surface area (Å²) in [6, 6.07) is 4.96. The Morgan fingerprint density at radius 1 is 1.35 bits per heavy atom. The number of carbonyl (C=O) groups excluding carboxylic acids is 1. The Morgan fingerprint density at radius 2 is 2.18 bits per heavy atom. The zero-order valence-electron chi connectivity index (χ0n) is 9.41. The van der Waals surface area contributed by atoms with Crippen LogP contribution in [0.25, 0.3) is 0 Å². The van der Waals surface area contributed by atoms with Crippen molar-refractivity contribution in [2.24, 2.45) is 5.73 Å². The van der Waals surface area contributed by atoms with Gasteiger partial charge in [0.05, 0.1) is 6.54 Å². The molecule has 2 rings (SSSR count). The maximum atomic E-state index is 11.4. The van der Waals surface area contributed by atoms with Gasteiger partial charge < -0.3 is 19.9 Å². The van der Waals surface area contributed by atoms with Gasteiger partial charge in [0, 0.05) is 31.9 Å². The van der Waals surface area contributed by atoms with Crippen LogP contribution in [0.15, 0.2) is 29.2 Å². The van der Waals surface area contributed by atoms with E-state index in [1.807, 2.05) is 0 Å². The van der Waals surface area contributed by atoms with Crippen LogP contribution >= 0.6 is 0 Å². The smallest absolute Gasteiger partial charge is 0.410 e. The Balaban J connectivity index is 1.93. The van der Waals surface area contributed by atoms with Gasteiger partial charge in [-0.3, -0.25) is 4.79 Å². The highest BCUT2D eigenvalue weighted by molar-refractivity contribution is 5.69. The van der Waals surface area contributed by atoms with Crippen LogP contribution in [0.1, 0.15) is 0 Å². The topological polar surface area (TPSA) is 77.6 Å². The summed E-state index contributed by atoms with van der Waals surface area (Å²) in [6.45, 7) is 1.75. The van der Waals surface area contributed by atoms with E-state index in [4.69, 9.17) is 10.5 Å². The van der Waals surface area contributed by atoms with Gasteiger partial charge >= 0.3 is 6.09 Å². The van der Waals surface area contributed by atoms with Crippen LogP contribution in [0.3, 0.4) is 0 Å². The van der Waals surface area contributed by atoms with E-state index < -0.39 is 0 Å². The number of rotatable bonds is 4. The number of cyclic esters (lactones) is 1. The van der Waals surface area contributed by atoms with Crippen molar-refractivity contribution >= 4 is 6.09 Å². The highest BCUT2D eigenvalue weighted by atomic mass is 16.6. The molecular formula is C11H15N3O3. The van der Waals surface area contributed by atoms with Crippen LogP contribution in [0.5, 0.6) is 0 Å². The van der Waals surface area contributed by atoms with Crippen molar-refractivity contribution in [2.75, 3.05) is 19.6 Å². The van der Waals surface area contributed by atoms with Gasteiger partial charge in [0.25, 0.3) is 5.56 Å². The fraction of sp³-hybridized carbons (Fsp3) is 0.455. The van der Waals surface area contributed by atoms with Gasteiger partial charge in [-0.25, -0.2) is 4.79 Å². The fourth-order valence-electron chi connectivity index (χ4n) is 1.75. The molecule has 0 saturated carbocycles. The van der Waals surface area contributed by atoms with E-state index in [0.29, 0.717) is 26.2 Å². The average molecular weight is 237 g/mol. The Morgan fingerprint density at radius 3 is 2.82 bits per heavy atom. The number of hydrogen-bond donors (Lipinski definition) is 1. The maximum Gasteiger partial charge on any atom is 0.410 e. The van der Waals surface area contributed by atoms with Gasteiger partial charge in [0.15, 0.2) is 0 Å². The molecule has 1 unspecified atom stereocenters. The molecule has 2 N–H and O–H groups in total. The van der Waals surface area contributed by atoms with Crippen molar-refractivity contribution in [3.8, 4) is 0 Å². The molecule has 1 amide bonds. The first-order valence-electron chi connectivity index (χ1n) is 5.52. The molecule has 0 aromatic carbocycles. The highest BCUT2D eigenvalue weighted by Crippen LogP contribution is 2.09. The Kier molecular flexibility index (Phi) is 3.43. The van der Waals surface area contributed by atoms with Crippen molar-refractivity contribution in [3.05, 3.63) is 34.7 Å². The van der Waals surface area contributed by atoms with Crippen LogP contribution < -0.4 is 11.3 Å². The molecular weight excluding hydrogens is 222 g/mol. The molecule has 1 aromatic heterocycles. The lowest BCUT2D eigenvalue weighted by Crippen LogP contribution is -2.32. The van der Waals surface area contributed by atoms with Crippen molar-refractivity contribution < 1.29 is 9.53 Å². The van der Waals surface area contributed by atoms with Crippen LogP contribution in [-0.2, 0) is 11.3 Å². The molecule has 6 nitrogen and oxygen atoms in total. The number of nitrogens with two attached hydrogens (primary N) is 1. The summed E-state index contributed by atoms with van der Waals surface area (Å²) in [4.78, 5) is 24.4. The third kappa shape index (κ3) is 2.65. The normalized spacial score (nSPS) is 19.5. The second-order valence-electron chi connectivity index (χ2n) is 3.92. The van der Waals surface area contributed by atoms with Crippen molar-refractivity contribution in [3.63, 3.8) is 0 Å². The third-order valence-corrected chi connectivity index (χ3v) is 2.72. The number of carbonyl (C=O) groups is 1. The van der Waals surface area contributed by atoms with Crippen LogP contribution in [0.2, 0.25) is 0 Å². The minimum absolute atomic E-state index is 0.0737. The summed E-state index contributed by atoms with van der Waals surface area (Å²) in [5.74, 6) is 0. The molecule has 1 atom stereocenters. The number of nitrogens with zero attached hydrogens (tertiary/aromatic N) is 2. The second kappa shape index (κ2) is 5.01. The van der Waals surface area contributed by atoms with Gasteiger partial charge in [-0.2, -0.15) is 0 Å². The number of amides is 1. The first-order chi connectivity index (χ1) is 8.20. The molecule has 0 spiro atoms. The summed E-state index contributed by atoms with van der Waals surface area (Å²) in [7, 11) is 0.